The first-order valence-corrected chi connectivity index (χ1v) is 6.97. The van der Waals surface area contributed by atoms with Crippen molar-refractivity contribution in [1.82, 2.24) is 0 Å². The minimum atomic E-state index is -4.40. The normalized spacial score (nSPS) is 12.6. The Bertz CT molecular complexity index is 664. The molecule has 0 fully saturated rings. The first kappa shape index (κ1) is 16.9. The van der Waals surface area contributed by atoms with E-state index in [-0.39, 0.29) is 11.7 Å². The Morgan fingerprint density at radius 3 is 2.13 bits per heavy atom. The number of ether oxygens (including phenoxy) is 1. The third kappa shape index (κ3) is 4.74. The van der Waals surface area contributed by atoms with Crippen LogP contribution < -0.4 is 10.1 Å². The van der Waals surface area contributed by atoms with E-state index in [9.17, 15) is 18.0 Å². The average Bonchev–Trinajstić information content (AvgIpc) is 2.49. The zero-order valence-electron chi connectivity index (χ0n) is 12.6. The van der Waals surface area contributed by atoms with Crippen LogP contribution in [0.5, 0.6) is 5.75 Å². The zero-order valence-corrected chi connectivity index (χ0v) is 12.6. The summed E-state index contributed by atoms with van der Waals surface area (Å²) in [6, 6.07) is 11.5. The molecule has 23 heavy (non-hydrogen) atoms. The van der Waals surface area contributed by atoms with Crippen molar-refractivity contribution in [3.63, 3.8) is 0 Å². The predicted octanol–water partition coefficient (Wildman–Crippen LogP) is 4.42. The summed E-state index contributed by atoms with van der Waals surface area (Å²) in [6.45, 7) is 3.46. The van der Waals surface area contributed by atoms with Crippen LogP contribution in [0.3, 0.4) is 0 Å². The van der Waals surface area contributed by atoms with Crippen molar-refractivity contribution < 1.29 is 22.7 Å². The largest absolute Gasteiger partial charge is 0.481 e. The smallest absolute Gasteiger partial charge is 0.416 e. The number of rotatable bonds is 4. The number of aryl methyl sites for hydroxylation is 1. The highest BCUT2D eigenvalue weighted by atomic mass is 19.4. The average molecular weight is 323 g/mol. The number of halogens is 3. The zero-order chi connectivity index (χ0) is 17.0. The van der Waals surface area contributed by atoms with Gasteiger partial charge in [0.05, 0.1) is 5.56 Å². The second-order valence-electron chi connectivity index (χ2n) is 5.14. The third-order valence-corrected chi connectivity index (χ3v) is 3.18. The molecule has 0 saturated heterocycles. The maximum Gasteiger partial charge on any atom is 0.416 e. The summed E-state index contributed by atoms with van der Waals surface area (Å²) >= 11 is 0. The molecule has 0 saturated carbocycles. The first-order chi connectivity index (χ1) is 10.8. The van der Waals surface area contributed by atoms with Gasteiger partial charge in [-0.15, -0.1) is 0 Å². The lowest BCUT2D eigenvalue weighted by atomic mass is 10.2. The molecule has 122 valence electrons. The van der Waals surface area contributed by atoms with Crippen LogP contribution in [0.2, 0.25) is 0 Å². The number of benzene rings is 2. The molecule has 0 bridgehead atoms. The number of carbonyl (C=O) groups excluding carboxylic acids is 1. The van der Waals surface area contributed by atoms with Gasteiger partial charge < -0.3 is 10.1 Å². The molecule has 0 aliphatic rings. The lowest BCUT2D eigenvalue weighted by Gasteiger charge is -2.15. The van der Waals surface area contributed by atoms with Gasteiger partial charge in [0.1, 0.15) is 5.75 Å². The van der Waals surface area contributed by atoms with Crippen molar-refractivity contribution in [2.75, 3.05) is 5.32 Å². The number of hydrogen-bond donors (Lipinski definition) is 1. The van der Waals surface area contributed by atoms with Crippen LogP contribution in [-0.4, -0.2) is 12.0 Å². The molecule has 0 aromatic heterocycles. The van der Waals surface area contributed by atoms with Crippen LogP contribution in [0.1, 0.15) is 18.1 Å². The number of carbonyl (C=O) groups is 1. The maximum absolute atomic E-state index is 12.5. The van der Waals surface area contributed by atoms with Gasteiger partial charge in [0.15, 0.2) is 6.10 Å². The summed E-state index contributed by atoms with van der Waals surface area (Å²) < 4.78 is 42.8. The fourth-order valence-electron chi connectivity index (χ4n) is 1.86. The van der Waals surface area contributed by atoms with E-state index in [1.54, 1.807) is 12.1 Å². The molecule has 1 atom stereocenters. The Labute approximate surface area is 132 Å². The molecule has 6 heteroatoms. The van der Waals surface area contributed by atoms with Gasteiger partial charge in [0.2, 0.25) is 0 Å². The van der Waals surface area contributed by atoms with Gasteiger partial charge in [0.25, 0.3) is 5.91 Å². The van der Waals surface area contributed by atoms with Crippen LogP contribution in [0.4, 0.5) is 18.9 Å². The molecule has 2 rings (SSSR count). The summed E-state index contributed by atoms with van der Waals surface area (Å²) in [7, 11) is 0. The molecule has 0 radical (unpaired) electrons. The van der Waals surface area contributed by atoms with Gasteiger partial charge in [-0.25, -0.2) is 0 Å². The van der Waals surface area contributed by atoms with Crippen molar-refractivity contribution in [1.29, 1.82) is 0 Å². The van der Waals surface area contributed by atoms with Crippen LogP contribution in [-0.2, 0) is 11.0 Å². The molecule has 3 nitrogen and oxygen atoms in total. The molecule has 1 amide bonds. The molecule has 0 spiro atoms. The lowest BCUT2D eigenvalue weighted by Crippen LogP contribution is -2.30. The summed E-state index contributed by atoms with van der Waals surface area (Å²) in [5, 5.41) is 2.68. The second-order valence-corrected chi connectivity index (χ2v) is 5.14. The minimum Gasteiger partial charge on any atom is -0.481 e. The van der Waals surface area contributed by atoms with Crippen molar-refractivity contribution in [3.05, 3.63) is 59.7 Å². The molecule has 2 aromatic rings. The predicted molar refractivity (Wildman–Crippen MR) is 81.3 cm³/mol. The van der Waals surface area contributed by atoms with Crippen molar-refractivity contribution >= 4 is 11.6 Å². The van der Waals surface area contributed by atoms with Gasteiger partial charge in [-0.05, 0) is 50.2 Å². The van der Waals surface area contributed by atoms with Crippen molar-refractivity contribution in [2.45, 2.75) is 26.1 Å². The molecule has 1 N–H and O–H groups in total. The Morgan fingerprint density at radius 2 is 1.61 bits per heavy atom. The summed E-state index contributed by atoms with van der Waals surface area (Å²) in [6.07, 6.45) is -5.24. The molecule has 0 unspecified atom stereocenters. The second kappa shape index (κ2) is 6.73. The van der Waals surface area contributed by atoms with Gasteiger partial charge >= 0.3 is 6.18 Å². The SMILES string of the molecule is Cc1ccc(NC(=O)[C@H](C)Oc2ccc(C(F)(F)F)cc2)cc1. The van der Waals surface area contributed by atoms with Gasteiger partial charge in [-0.2, -0.15) is 13.2 Å². The van der Waals surface area contributed by atoms with E-state index in [0.717, 1.165) is 17.7 Å². The standard InChI is InChI=1S/C17H16F3NO2/c1-11-3-7-14(8-4-11)21-16(22)12(2)23-15-9-5-13(6-10-15)17(18,19)20/h3-10,12H,1-2H3,(H,21,22)/t12-/m0/s1. The Balaban J connectivity index is 1.96. The lowest BCUT2D eigenvalue weighted by molar-refractivity contribution is -0.137. The highest BCUT2D eigenvalue weighted by Gasteiger charge is 2.30. The highest BCUT2D eigenvalue weighted by molar-refractivity contribution is 5.94. The molecule has 2 aromatic carbocycles. The number of amides is 1. The van der Waals surface area contributed by atoms with E-state index in [2.05, 4.69) is 5.32 Å². The molecule has 0 aliphatic heterocycles. The monoisotopic (exact) mass is 323 g/mol. The number of nitrogens with one attached hydrogen (secondary N) is 1. The number of anilines is 1. The van der Waals surface area contributed by atoms with Crippen LogP contribution >= 0.6 is 0 Å². The highest BCUT2D eigenvalue weighted by Crippen LogP contribution is 2.30. The number of hydrogen-bond acceptors (Lipinski definition) is 2. The summed E-state index contributed by atoms with van der Waals surface area (Å²) in [5.74, 6) is -0.182. The van der Waals surface area contributed by atoms with E-state index < -0.39 is 17.8 Å². The topological polar surface area (TPSA) is 38.3 Å². The van der Waals surface area contributed by atoms with E-state index in [4.69, 9.17) is 4.74 Å². The van der Waals surface area contributed by atoms with E-state index >= 15 is 0 Å². The fourth-order valence-corrected chi connectivity index (χ4v) is 1.86. The fraction of sp³-hybridized carbons (Fsp3) is 0.235. The van der Waals surface area contributed by atoms with Crippen LogP contribution in [0.25, 0.3) is 0 Å². The maximum atomic E-state index is 12.5. The van der Waals surface area contributed by atoms with Gasteiger partial charge in [0, 0.05) is 5.69 Å². The quantitative estimate of drug-likeness (QED) is 0.904. The van der Waals surface area contributed by atoms with Crippen molar-refractivity contribution in [3.8, 4) is 5.75 Å². The van der Waals surface area contributed by atoms with Gasteiger partial charge in [-0.3, -0.25) is 4.79 Å². The van der Waals surface area contributed by atoms with Crippen LogP contribution in [0.15, 0.2) is 48.5 Å². The number of alkyl halides is 3. The molecule has 0 aliphatic carbocycles. The minimum absolute atomic E-state index is 0.199. The first-order valence-electron chi connectivity index (χ1n) is 6.97. The molecular formula is C17H16F3NO2. The van der Waals surface area contributed by atoms with E-state index in [0.29, 0.717) is 5.69 Å². The van der Waals surface area contributed by atoms with E-state index in [1.807, 2.05) is 19.1 Å². The molecule has 0 heterocycles. The van der Waals surface area contributed by atoms with E-state index in [1.165, 1.54) is 19.1 Å². The Morgan fingerprint density at radius 1 is 1.04 bits per heavy atom. The summed E-state index contributed by atoms with van der Waals surface area (Å²) in [4.78, 5) is 12.0. The van der Waals surface area contributed by atoms with Crippen molar-refractivity contribution in [2.24, 2.45) is 0 Å². The van der Waals surface area contributed by atoms with Gasteiger partial charge in [-0.1, -0.05) is 17.7 Å². The Hall–Kier alpha value is -2.50. The summed E-state index contributed by atoms with van der Waals surface area (Å²) in [5.41, 5.74) is 0.933. The Kier molecular flexibility index (Phi) is 4.93. The third-order valence-electron chi connectivity index (χ3n) is 3.18. The van der Waals surface area contributed by atoms with Crippen LogP contribution in [0, 0.1) is 6.92 Å². The molecular weight excluding hydrogens is 307 g/mol.